The molecular formula is C24H26FNO3S. The van der Waals surface area contributed by atoms with Crippen LogP contribution >= 0.6 is 11.8 Å². The molecule has 0 fully saturated rings. The minimum Gasteiger partial charge on any atom is -0.441 e. The number of Topliss-reactive ketones (excluding diaryl/α,β-unsaturated/α-hetero) is 1. The summed E-state index contributed by atoms with van der Waals surface area (Å²) in [6.45, 7) is 2.47. The number of carbonyl (C=O) groups excluding carboxylic acids is 1. The molecule has 0 aliphatic carbocycles. The van der Waals surface area contributed by atoms with E-state index in [0.29, 0.717) is 30.4 Å². The summed E-state index contributed by atoms with van der Waals surface area (Å²) >= 11 is 1.56. The van der Waals surface area contributed by atoms with Gasteiger partial charge in [-0.1, -0.05) is 24.3 Å². The zero-order chi connectivity index (χ0) is 21.3. The molecule has 0 radical (unpaired) electrons. The van der Waals surface area contributed by atoms with Crippen molar-refractivity contribution in [3.05, 3.63) is 76.9 Å². The van der Waals surface area contributed by atoms with Gasteiger partial charge in [0.25, 0.3) is 0 Å². The van der Waals surface area contributed by atoms with Gasteiger partial charge in [0.15, 0.2) is 0 Å². The Morgan fingerprint density at radius 3 is 2.50 bits per heavy atom. The van der Waals surface area contributed by atoms with Crippen molar-refractivity contribution in [2.24, 2.45) is 0 Å². The maximum Gasteiger partial charge on any atom is 0.226 e. The zero-order valence-electron chi connectivity index (χ0n) is 17.3. The van der Waals surface area contributed by atoms with Crippen LogP contribution in [0.25, 0.3) is 11.5 Å². The molecule has 1 aromatic heterocycles. The summed E-state index contributed by atoms with van der Waals surface area (Å²) in [6, 6.07) is 14.4. The molecule has 6 heteroatoms. The maximum atomic E-state index is 12.9. The summed E-state index contributed by atoms with van der Waals surface area (Å²) in [7, 11) is 1.67. The Bertz CT molecular complexity index is 952. The Morgan fingerprint density at radius 2 is 1.80 bits per heavy atom. The Labute approximate surface area is 180 Å². The molecule has 0 N–H and O–H groups in total. The average molecular weight is 428 g/mol. The fourth-order valence-corrected chi connectivity index (χ4v) is 4.01. The number of carbonyl (C=O) groups is 1. The number of methoxy groups -OCH3 is 1. The predicted molar refractivity (Wildman–Crippen MR) is 118 cm³/mol. The normalized spacial score (nSPS) is 11.0. The number of aromatic nitrogens is 1. The van der Waals surface area contributed by atoms with Crippen LogP contribution in [0.5, 0.6) is 0 Å². The minimum atomic E-state index is -0.236. The third-order valence-electron chi connectivity index (χ3n) is 4.74. The van der Waals surface area contributed by atoms with Gasteiger partial charge in [-0.3, -0.25) is 4.79 Å². The van der Waals surface area contributed by atoms with E-state index in [0.717, 1.165) is 41.0 Å². The van der Waals surface area contributed by atoms with E-state index in [1.165, 1.54) is 12.1 Å². The van der Waals surface area contributed by atoms with Crippen LogP contribution < -0.4 is 0 Å². The maximum absolute atomic E-state index is 12.9. The summed E-state index contributed by atoms with van der Waals surface area (Å²) in [5.74, 6) is 2.45. The molecule has 0 amide bonds. The molecule has 0 aliphatic heterocycles. The van der Waals surface area contributed by atoms with Gasteiger partial charge in [0.1, 0.15) is 17.4 Å². The van der Waals surface area contributed by atoms with E-state index in [9.17, 15) is 9.18 Å². The third-order valence-corrected chi connectivity index (χ3v) is 5.74. The standard InChI is InChI=1S/C24H26FNO3S/c1-17-23(26-24(29-17)20-10-6-19(7-11-20)14-28-2)16-30-15-22(27)5-3-4-18-8-12-21(25)13-9-18/h6-13H,3-5,14-16H2,1-2H3. The first-order valence-electron chi connectivity index (χ1n) is 9.93. The quantitative estimate of drug-likeness (QED) is 0.389. The van der Waals surface area contributed by atoms with Gasteiger partial charge in [0.2, 0.25) is 5.89 Å². The first-order chi connectivity index (χ1) is 14.5. The van der Waals surface area contributed by atoms with E-state index in [1.54, 1.807) is 31.0 Å². The highest BCUT2D eigenvalue weighted by Crippen LogP contribution is 2.25. The number of nitrogens with zero attached hydrogens (tertiary/aromatic N) is 1. The zero-order valence-corrected chi connectivity index (χ0v) is 18.1. The average Bonchev–Trinajstić information content (AvgIpc) is 3.11. The van der Waals surface area contributed by atoms with Crippen LogP contribution in [-0.2, 0) is 28.3 Å². The van der Waals surface area contributed by atoms with Crippen LogP contribution in [0.4, 0.5) is 4.39 Å². The van der Waals surface area contributed by atoms with Crippen LogP contribution in [-0.4, -0.2) is 23.6 Å². The number of rotatable bonds is 11. The summed E-state index contributed by atoms with van der Waals surface area (Å²) in [4.78, 5) is 16.7. The van der Waals surface area contributed by atoms with Gasteiger partial charge in [-0.05, 0) is 55.2 Å². The highest BCUT2D eigenvalue weighted by Gasteiger charge is 2.12. The SMILES string of the molecule is COCc1ccc(-c2nc(CSCC(=O)CCCc3ccc(F)cc3)c(C)o2)cc1. The second kappa shape index (κ2) is 11.1. The first-order valence-corrected chi connectivity index (χ1v) is 11.1. The number of thioether (sulfide) groups is 1. The molecule has 4 nitrogen and oxygen atoms in total. The van der Waals surface area contributed by atoms with Crippen molar-refractivity contribution in [2.75, 3.05) is 12.9 Å². The summed E-state index contributed by atoms with van der Waals surface area (Å²) in [6.07, 6.45) is 2.09. The van der Waals surface area contributed by atoms with Crippen molar-refractivity contribution in [3.8, 4) is 11.5 Å². The molecular weight excluding hydrogens is 401 g/mol. The van der Waals surface area contributed by atoms with E-state index in [4.69, 9.17) is 9.15 Å². The molecule has 30 heavy (non-hydrogen) atoms. The van der Waals surface area contributed by atoms with E-state index >= 15 is 0 Å². The van der Waals surface area contributed by atoms with E-state index in [2.05, 4.69) is 4.98 Å². The Kier molecular flexibility index (Phi) is 8.22. The summed E-state index contributed by atoms with van der Waals surface area (Å²) in [5, 5.41) is 0. The number of halogens is 1. The summed E-state index contributed by atoms with van der Waals surface area (Å²) < 4.78 is 23.9. The lowest BCUT2D eigenvalue weighted by Gasteiger charge is -2.02. The van der Waals surface area contributed by atoms with Crippen LogP contribution in [0.15, 0.2) is 52.9 Å². The van der Waals surface area contributed by atoms with Crippen molar-refractivity contribution >= 4 is 17.5 Å². The van der Waals surface area contributed by atoms with E-state index < -0.39 is 0 Å². The number of aryl methyl sites for hydroxylation is 2. The smallest absolute Gasteiger partial charge is 0.226 e. The van der Waals surface area contributed by atoms with Crippen molar-refractivity contribution < 1.29 is 18.3 Å². The number of hydrogen-bond donors (Lipinski definition) is 0. The van der Waals surface area contributed by atoms with Gasteiger partial charge in [0.05, 0.1) is 18.1 Å². The highest BCUT2D eigenvalue weighted by molar-refractivity contribution is 7.99. The number of ether oxygens (including phenoxy) is 1. The predicted octanol–water partition coefficient (Wildman–Crippen LogP) is 5.76. The van der Waals surface area contributed by atoms with Gasteiger partial charge in [0, 0.05) is 24.8 Å². The topological polar surface area (TPSA) is 52.3 Å². The third kappa shape index (κ3) is 6.54. The largest absolute Gasteiger partial charge is 0.441 e. The van der Waals surface area contributed by atoms with Gasteiger partial charge in [-0.2, -0.15) is 0 Å². The number of benzene rings is 2. The van der Waals surface area contributed by atoms with Crippen molar-refractivity contribution in [1.82, 2.24) is 4.98 Å². The van der Waals surface area contributed by atoms with Gasteiger partial charge in [-0.25, -0.2) is 9.37 Å². The van der Waals surface area contributed by atoms with Crippen LogP contribution in [0.3, 0.4) is 0 Å². The number of oxazole rings is 1. The van der Waals surface area contributed by atoms with Gasteiger partial charge in [-0.15, -0.1) is 11.8 Å². The lowest BCUT2D eigenvalue weighted by atomic mass is 10.1. The fraction of sp³-hybridized carbons (Fsp3) is 0.333. The molecule has 0 saturated heterocycles. The van der Waals surface area contributed by atoms with Crippen molar-refractivity contribution in [3.63, 3.8) is 0 Å². The fourth-order valence-electron chi connectivity index (χ4n) is 3.07. The Balaban J connectivity index is 1.43. The molecule has 3 rings (SSSR count). The molecule has 2 aromatic carbocycles. The molecule has 1 heterocycles. The Hall–Kier alpha value is -2.44. The van der Waals surface area contributed by atoms with E-state index in [1.807, 2.05) is 31.2 Å². The summed E-state index contributed by atoms with van der Waals surface area (Å²) in [5.41, 5.74) is 3.94. The number of ketones is 1. The lowest BCUT2D eigenvalue weighted by Crippen LogP contribution is -2.02. The molecule has 0 atom stereocenters. The van der Waals surface area contributed by atoms with Crippen molar-refractivity contribution in [1.29, 1.82) is 0 Å². The second-order valence-corrected chi connectivity index (χ2v) is 8.15. The molecule has 0 saturated carbocycles. The molecule has 0 spiro atoms. The van der Waals surface area contributed by atoms with Gasteiger partial charge < -0.3 is 9.15 Å². The lowest BCUT2D eigenvalue weighted by molar-refractivity contribution is -0.116. The second-order valence-electron chi connectivity index (χ2n) is 7.16. The van der Waals surface area contributed by atoms with Crippen LogP contribution in [0.2, 0.25) is 0 Å². The Morgan fingerprint density at radius 1 is 1.10 bits per heavy atom. The molecule has 3 aromatic rings. The first kappa shape index (κ1) is 22.2. The molecule has 0 bridgehead atoms. The number of hydrogen-bond acceptors (Lipinski definition) is 5. The van der Waals surface area contributed by atoms with Gasteiger partial charge >= 0.3 is 0 Å². The van der Waals surface area contributed by atoms with Crippen LogP contribution in [0, 0.1) is 12.7 Å². The van der Waals surface area contributed by atoms with E-state index in [-0.39, 0.29) is 11.6 Å². The van der Waals surface area contributed by atoms with Crippen molar-refractivity contribution in [2.45, 2.75) is 38.5 Å². The minimum absolute atomic E-state index is 0.220. The molecule has 0 aliphatic rings. The molecule has 0 unspecified atom stereocenters. The monoisotopic (exact) mass is 427 g/mol. The highest BCUT2D eigenvalue weighted by atomic mass is 32.2. The molecule has 158 valence electrons. The van der Waals surface area contributed by atoms with Crippen LogP contribution in [0.1, 0.15) is 35.4 Å².